The van der Waals surface area contributed by atoms with Crippen molar-refractivity contribution in [2.45, 2.75) is 19.0 Å². The van der Waals surface area contributed by atoms with Crippen LogP contribution in [0, 0.1) is 18.3 Å². The topological polar surface area (TPSA) is 83.9 Å². The molecule has 17 heavy (non-hydrogen) atoms. The molecule has 0 radical (unpaired) electrons. The Hall–Kier alpha value is -1.94. The van der Waals surface area contributed by atoms with E-state index >= 15 is 0 Å². The molecule has 6 nitrogen and oxygen atoms in total. The van der Waals surface area contributed by atoms with Crippen LogP contribution >= 0.6 is 11.8 Å². The molecule has 0 spiro atoms. The summed E-state index contributed by atoms with van der Waals surface area (Å²) < 4.78 is 1.52. The second-order valence-electron chi connectivity index (χ2n) is 3.37. The Morgan fingerprint density at radius 2 is 2.41 bits per heavy atom. The van der Waals surface area contributed by atoms with Gasteiger partial charge in [0.25, 0.3) is 5.78 Å². The first-order valence-corrected chi connectivity index (χ1v) is 5.85. The predicted molar refractivity (Wildman–Crippen MR) is 61.9 cm³/mol. The number of fused-ring (bicyclic) bond motifs is 1. The Labute approximate surface area is 102 Å². The van der Waals surface area contributed by atoms with Crippen LogP contribution < -0.4 is 0 Å². The number of thioether (sulfide) groups is 1. The number of Topliss-reactive ketones (excluding diaryl/α,β-unsaturated/α-hetero) is 1. The van der Waals surface area contributed by atoms with Crippen LogP contribution in [0.15, 0.2) is 11.4 Å². The molecule has 0 unspecified atom stereocenters. The second-order valence-corrected chi connectivity index (χ2v) is 4.31. The lowest BCUT2D eigenvalue weighted by Crippen LogP contribution is -2.05. The summed E-state index contributed by atoms with van der Waals surface area (Å²) in [4.78, 5) is 19.6. The maximum atomic E-state index is 11.3. The van der Waals surface area contributed by atoms with Crippen molar-refractivity contribution < 1.29 is 4.79 Å². The van der Waals surface area contributed by atoms with E-state index in [1.807, 2.05) is 6.07 Å². The first-order chi connectivity index (χ1) is 8.13. The largest absolute Gasteiger partial charge is 0.294 e. The van der Waals surface area contributed by atoms with Gasteiger partial charge >= 0.3 is 0 Å². The zero-order valence-corrected chi connectivity index (χ0v) is 10.2. The molecular formula is C10H9N5OS. The van der Waals surface area contributed by atoms with Crippen molar-refractivity contribution in [3.63, 3.8) is 0 Å². The first-order valence-electron chi connectivity index (χ1n) is 4.86. The molecule has 0 aromatic carbocycles. The second kappa shape index (κ2) is 4.51. The van der Waals surface area contributed by atoms with E-state index in [-0.39, 0.29) is 11.5 Å². The van der Waals surface area contributed by atoms with E-state index in [4.69, 9.17) is 5.26 Å². The van der Waals surface area contributed by atoms with E-state index in [0.717, 1.165) is 0 Å². The van der Waals surface area contributed by atoms with Crippen LogP contribution in [0.2, 0.25) is 0 Å². The molecule has 0 atom stereocenters. The number of aryl methyl sites for hydroxylation is 1. The van der Waals surface area contributed by atoms with Crippen molar-refractivity contribution in [3.8, 4) is 6.07 Å². The van der Waals surface area contributed by atoms with Gasteiger partial charge in [-0.25, -0.2) is 4.98 Å². The summed E-state index contributed by atoms with van der Waals surface area (Å²) in [5.74, 6) is 0.668. The van der Waals surface area contributed by atoms with Gasteiger partial charge in [0, 0.05) is 6.20 Å². The van der Waals surface area contributed by atoms with Gasteiger partial charge in [-0.15, -0.1) is 5.10 Å². The van der Waals surface area contributed by atoms with Crippen LogP contribution in [0.5, 0.6) is 0 Å². The number of hydrogen-bond acceptors (Lipinski definition) is 6. The maximum absolute atomic E-state index is 11.3. The third-order valence-electron chi connectivity index (χ3n) is 2.23. The lowest BCUT2D eigenvalue weighted by molar-refractivity contribution is 0.101. The van der Waals surface area contributed by atoms with Crippen LogP contribution in [0.1, 0.15) is 23.0 Å². The average molecular weight is 247 g/mol. The predicted octanol–water partition coefficient (Wildman–Crippen LogP) is 1.25. The summed E-state index contributed by atoms with van der Waals surface area (Å²) in [5, 5.41) is 13.2. The van der Waals surface area contributed by atoms with E-state index in [9.17, 15) is 4.79 Å². The summed E-state index contributed by atoms with van der Waals surface area (Å²) in [7, 11) is 0. The molecule has 0 saturated carbocycles. The number of nitrogens with zero attached hydrogens (tertiary/aromatic N) is 5. The van der Waals surface area contributed by atoms with E-state index < -0.39 is 0 Å². The Morgan fingerprint density at radius 1 is 1.65 bits per heavy atom. The molecule has 2 rings (SSSR count). The number of carbonyl (C=O) groups is 1. The molecule has 0 saturated heterocycles. The lowest BCUT2D eigenvalue weighted by Gasteiger charge is -2.01. The fourth-order valence-corrected chi connectivity index (χ4v) is 1.91. The van der Waals surface area contributed by atoms with Gasteiger partial charge in [-0.1, -0.05) is 11.8 Å². The minimum absolute atomic E-state index is 0.0568. The van der Waals surface area contributed by atoms with Crippen molar-refractivity contribution in [2.24, 2.45) is 0 Å². The first kappa shape index (κ1) is 11.5. The van der Waals surface area contributed by atoms with Crippen molar-refractivity contribution in [1.29, 1.82) is 5.26 Å². The van der Waals surface area contributed by atoms with E-state index in [1.165, 1.54) is 29.4 Å². The molecule has 0 aliphatic rings. The van der Waals surface area contributed by atoms with Gasteiger partial charge in [-0.3, -0.25) is 4.79 Å². The van der Waals surface area contributed by atoms with Crippen LogP contribution in [-0.4, -0.2) is 31.1 Å². The minimum Gasteiger partial charge on any atom is -0.294 e. The maximum Gasteiger partial charge on any atom is 0.253 e. The molecule has 0 amide bonds. The van der Waals surface area contributed by atoms with Gasteiger partial charge < -0.3 is 0 Å². The minimum atomic E-state index is -0.0568. The Morgan fingerprint density at radius 3 is 3.06 bits per heavy atom. The third kappa shape index (κ3) is 2.12. The standard InChI is InChI=1S/C10H9N5OS/c1-6-8(7(2)16)5-12-9-13-10(14-15(6)9)17-4-3-11/h5H,4H2,1-2H3. The average Bonchev–Trinajstić information content (AvgIpc) is 2.70. The molecule has 2 heterocycles. The van der Waals surface area contributed by atoms with E-state index in [0.29, 0.717) is 22.2 Å². The van der Waals surface area contributed by atoms with Gasteiger partial charge in [0.1, 0.15) is 0 Å². The Bertz CT molecular complexity index is 627. The number of carbonyl (C=O) groups excluding carboxylic acids is 1. The van der Waals surface area contributed by atoms with Crippen molar-refractivity contribution in [3.05, 3.63) is 17.5 Å². The Balaban J connectivity index is 2.51. The number of hydrogen-bond donors (Lipinski definition) is 0. The molecule has 0 aliphatic heterocycles. The molecule has 0 fully saturated rings. The van der Waals surface area contributed by atoms with Crippen molar-refractivity contribution >= 4 is 23.3 Å². The number of aromatic nitrogens is 4. The molecule has 86 valence electrons. The normalized spacial score (nSPS) is 10.4. The number of ketones is 1. The lowest BCUT2D eigenvalue weighted by atomic mass is 10.2. The molecule has 7 heteroatoms. The van der Waals surface area contributed by atoms with Crippen molar-refractivity contribution in [1.82, 2.24) is 19.6 Å². The summed E-state index contributed by atoms with van der Waals surface area (Å²) >= 11 is 1.24. The van der Waals surface area contributed by atoms with Gasteiger partial charge in [0.2, 0.25) is 5.16 Å². The molecule has 2 aromatic heterocycles. The highest BCUT2D eigenvalue weighted by Crippen LogP contribution is 2.15. The molecule has 0 aliphatic carbocycles. The monoisotopic (exact) mass is 247 g/mol. The molecule has 0 bridgehead atoms. The summed E-state index contributed by atoms with van der Waals surface area (Å²) in [6.45, 7) is 3.27. The summed E-state index contributed by atoms with van der Waals surface area (Å²) in [5.41, 5.74) is 1.23. The highest BCUT2D eigenvalue weighted by Gasteiger charge is 2.12. The van der Waals surface area contributed by atoms with Crippen molar-refractivity contribution in [2.75, 3.05) is 5.75 Å². The van der Waals surface area contributed by atoms with E-state index in [2.05, 4.69) is 15.1 Å². The van der Waals surface area contributed by atoms with Gasteiger partial charge in [-0.05, 0) is 13.8 Å². The van der Waals surface area contributed by atoms with Crippen LogP contribution in [0.3, 0.4) is 0 Å². The Kier molecular flexibility index (Phi) is 3.06. The van der Waals surface area contributed by atoms with Crippen LogP contribution in [-0.2, 0) is 0 Å². The third-order valence-corrected chi connectivity index (χ3v) is 2.94. The zero-order valence-electron chi connectivity index (χ0n) is 9.34. The number of nitriles is 1. The van der Waals surface area contributed by atoms with Gasteiger partial charge in [0.15, 0.2) is 5.78 Å². The van der Waals surface area contributed by atoms with Crippen LogP contribution in [0.4, 0.5) is 0 Å². The van der Waals surface area contributed by atoms with Gasteiger partial charge in [0.05, 0.1) is 23.1 Å². The SMILES string of the molecule is CC(=O)c1cnc2nc(SCC#N)nn2c1C. The van der Waals surface area contributed by atoms with Crippen LogP contribution in [0.25, 0.3) is 5.78 Å². The number of rotatable bonds is 3. The zero-order chi connectivity index (χ0) is 12.4. The fourth-order valence-electron chi connectivity index (χ4n) is 1.43. The highest BCUT2D eigenvalue weighted by molar-refractivity contribution is 7.99. The molecular weight excluding hydrogens is 238 g/mol. The highest BCUT2D eigenvalue weighted by atomic mass is 32.2. The smallest absolute Gasteiger partial charge is 0.253 e. The summed E-state index contributed by atoms with van der Waals surface area (Å²) in [6, 6.07) is 2.00. The van der Waals surface area contributed by atoms with E-state index in [1.54, 1.807) is 6.92 Å². The quantitative estimate of drug-likeness (QED) is 0.599. The molecule has 2 aromatic rings. The molecule has 0 N–H and O–H groups in total. The van der Waals surface area contributed by atoms with Gasteiger partial charge in [-0.2, -0.15) is 14.8 Å². The fraction of sp³-hybridized carbons (Fsp3) is 0.300. The summed E-state index contributed by atoms with van der Waals surface area (Å²) in [6.07, 6.45) is 1.50.